The number of benzene rings is 2. The van der Waals surface area contributed by atoms with E-state index in [1.807, 2.05) is 36.4 Å². The van der Waals surface area contributed by atoms with Gasteiger partial charge in [0.05, 0.1) is 0 Å². The van der Waals surface area contributed by atoms with Crippen LogP contribution in [-0.2, 0) is 15.5 Å². The Morgan fingerprint density at radius 1 is 0.919 bits per heavy atom. The SMILES string of the molecule is ClCc1nc(C2CC(c3ccc(Cl)cc3)C2)no1.N/C(=N\OC(=O)CCl)C1CC(c2ccc(Cl)cc2)C1. The first kappa shape index (κ1) is 27.7. The van der Waals surface area contributed by atoms with Crippen LogP contribution in [0.3, 0.4) is 0 Å². The smallest absolute Gasteiger partial charge is 0.349 e. The van der Waals surface area contributed by atoms with Crippen LogP contribution in [0, 0.1) is 5.92 Å². The first-order chi connectivity index (χ1) is 17.9. The lowest BCUT2D eigenvalue weighted by Gasteiger charge is -2.34. The van der Waals surface area contributed by atoms with Crippen molar-refractivity contribution in [3.63, 3.8) is 0 Å². The van der Waals surface area contributed by atoms with Crippen molar-refractivity contribution in [1.82, 2.24) is 10.1 Å². The summed E-state index contributed by atoms with van der Waals surface area (Å²) < 4.78 is 5.02. The number of alkyl halides is 2. The van der Waals surface area contributed by atoms with Crippen molar-refractivity contribution >= 4 is 58.2 Å². The van der Waals surface area contributed by atoms with Crippen LogP contribution in [0.5, 0.6) is 0 Å². The first-order valence-corrected chi connectivity index (χ1v) is 13.7. The Morgan fingerprint density at radius 2 is 1.46 bits per heavy atom. The summed E-state index contributed by atoms with van der Waals surface area (Å²) in [6, 6.07) is 15.8. The second kappa shape index (κ2) is 13.0. The molecule has 0 spiro atoms. The van der Waals surface area contributed by atoms with Crippen molar-refractivity contribution in [3.05, 3.63) is 81.4 Å². The van der Waals surface area contributed by atoms with Gasteiger partial charge in [0, 0.05) is 21.9 Å². The van der Waals surface area contributed by atoms with Gasteiger partial charge in [0.25, 0.3) is 0 Å². The van der Waals surface area contributed by atoms with E-state index in [4.69, 9.17) is 56.7 Å². The van der Waals surface area contributed by atoms with Gasteiger partial charge < -0.3 is 15.1 Å². The minimum atomic E-state index is -0.599. The molecule has 11 heteroatoms. The number of hydrogen-bond acceptors (Lipinski definition) is 6. The molecule has 2 aliphatic carbocycles. The van der Waals surface area contributed by atoms with E-state index in [1.54, 1.807) is 0 Å². The van der Waals surface area contributed by atoms with E-state index in [-0.39, 0.29) is 17.7 Å². The zero-order chi connectivity index (χ0) is 26.4. The van der Waals surface area contributed by atoms with Crippen molar-refractivity contribution in [2.75, 3.05) is 5.88 Å². The highest BCUT2D eigenvalue weighted by Gasteiger charge is 2.35. The average Bonchev–Trinajstić information content (AvgIpc) is 3.32. The Hall–Kier alpha value is -2.32. The standard InChI is InChI=1S/C13H14Cl2N2O2.C13H12Cl2N2O/c14-7-12(18)19-17-13(16)10-5-9(6-10)8-1-3-11(15)4-2-8;14-7-12-16-13(17-18-12)10-5-9(6-10)8-1-3-11(15)4-2-8/h1-4,9-10H,5-7H2,(H2,16,17);1-4,9-10H,5-7H2. The normalized spacial score (nSPS) is 22.8. The van der Waals surface area contributed by atoms with E-state index in [0.29, 0.717) is 29.5 Å². The van der Waals surface area contributed by atoms with Gasteiger partial charge >= 0.3 is 5.97 Å². The lowest BCUT2D eigenvalue weighted by atomic mass is 9.71. The van der Waals surface area contributed by atoms with E-state index in [0.717, 1.165) is 41.6 Å². The molecule has 1 aromatic heterocycles. The molecule has 0 atom stereocenters. The van der Waals surface area contributed by atoms with Gasteiger partial charge in [-0.2, -0.15) is 4.98 Å². The summed E-state index contributed by atoms with van der Waals surface area (Å²) in [4.78, 5) is 19.6. The predicted octanol–water partition coefficient (Wildman–Crippen LogP) is 7.01. The number of hydrogen-bond donors (Lipinski definition) is 1. The molecule has 2 saturated carbocycles. The highest BCUT2D eigenvalue weighted by atomic mass is 35.5. The van der Waals surface area contributed by atoms with Crippen LogP contribution < -0.4 is 5.73 Å². The van der Waals surface area contributed by atoms with E-state index in [1.165, 1.54) is 11.1 Å². The fourth-order valence-electron chi connectivity index (χ4n) is 4.39. The van der Waals surface area contributed by atoms with Crippen LogP contribution >= 0.6 is 46.4 Å². The number of oxime groups is 1. The van der Waals surface area contributed by atoms with Crippen molar-refractivity contribution in [1.29, 1.82) is 0 Å². The third-order valence-electron chi connectivity index (χ3n) is 6.70. The molecular weight excluding hydrogens is 558 g/mol. The summed E-state index contributed by atoms with van der Waals surface area (Å²) in [5, 5.41) is 9.07. The Labute approximate surface area is 235 Å². The number of nitrogens with zero attached hydrogens (tertiary/aromatic N) is 3. The molecule has 0 saturated heterocycles. The van der Waals surface area contributed by atoms with Crippen molar-refractivity contribution in [3.8, 4) is 0 Å². The third kappa shape index (κ3) is 7.38. The van der Waals surface area contributed by atoms with E-state index < -0.39 is 5.97 Å². The predicted molar refractivity (Wildman–Crippen MR) is 145 cm³/mol. The molecule has 0 aliphatic heterocycles. The van der Waals surface area contributed by atoms with E-state index >= 15 is 0 Å². The van der Waals surface area contributed by atoms with Crippen LogP contribution in [0.4, 0.5) is 0 Å². The maximum atomic E-state index is 10.8. The highest BCUT2D eigenvalue weighted by Crippen LogP contribution is 2.46. The maximum absolute atomic E-state index is 10.8. The van der Waals surface area contributed by atoms with Gasteiger partial charge in [0.1, 0.15) is 17.6 Å². The monoisotopic (exact) mass is 582 g/mol. The van der Waals surface area contributed by atoms with Gasteiger partial charge in [-0.15, -0.1) is 23.2 Å². The largest absolute Gasteiger partial charge is 0.384 e. The molecule has 2 aromatic carbocycles. The average molecular weight is 584 g/mol. The number of amidine groups is 1. The van der Waals surface area contributed by atoms with Crippen molar-refractivity contribution < 1.29 is 14.2 Å². The molecule has 5 rings (SSSR count). The second-order valence-electron chi connectivity index (χ2n) is 9.13. The number of carbonyl (C=O) groups excluding carboxylic acids is 1. The molecule has 7 nitrogen and oxygen atoms in total. The van der Waals surface area contributed by atoms with Crippen molar-refractivity contribution in [2.24, 2.45) is 16.8 Å². The quantitative estimate of drug-likeness (QED) is 0.105. The molecule has 1 heterocycles. The lowest BCUT2D eigenvalue weighted by Crippen LogP contribution is -2.34. The molecule has 2 fully saturated rings. The summed E-state index contributed by atoms with van der Waals surface area (Å²) in [6.45, 7) is 0. The Balaban J connectivity index is 0.000000173. The number of halogens is 4. The van der Waals surface area contributed by atoms with Crippen LogP contribution in [-0.4, -0.2) is 27.8 Å². The molecule has 2 aliphatic rings. The van der Waals surface area contributed by atoms with Gasteiger partial charge in [-0.25, -0.2) is 4.79 Å². The van der Waals surface area contributed by atoms with Crippen LogP contribution in [0.1, 0.15) is 66.3 Å². The molecular formula is C26H26Cl4N4O3. The molecule has 2 N–H and O–H groups in total. The van der Waals surface area contributed by atoms with Gasteiger partial charge in [-0.05, 0) is 72.9 Å². The Morgan fingerprint density at radius 3 is 1.95 bits per heavy atom. The van der Waals surface area contributed by atoms with Crippen LogP contribution in [0.2, 0.25) is 10.0 Å². The number of rotatable bonds is 7. The van der Waals surface area contributed by atoms with Crippen LogP contribution in [0.25, 0.3) is 0 Å². The van der Waals surface area contributed by atoms with Gasteiger partial charge in [0.2, 0.25) is 5.89 Å². The number of carbonyl (C=O) groups is 1. The summed E-state index contributed by atoms with van der Waals surface area (Å²) in [7, 11) is 0. The summed E-state index contributed by atoms with van der Waals surface area (Å²) >= 11 is 22.6. The number of aromatic nitrogens is 2. The summed E-state index contributed by atoms with van der Waals surface area (Å²) in [5.74, 6) is 2.68. The molecule has 3 aromatic rings. The summed E-state index contributed by atoms with van der Waals surface area (Å²) in [5.41, 5.74) is 8.33. The highest BCUT2D eigenvalue weighted by molar-refractivity contribution is 6.30. The fraction of sp³-hybridized carbons (Fsp3) is 0.385. The topological polar surface area (TPSA) is 104 Å². The summed E-state index contributed by atoms with van der Waals surface area (Å²) in [6.07, 6.45) is 3.91. The van der Waals surface area contributed by atoms with E-state index in [9.17, 15) is 4.79 Å². The fourth-order valence-corrected chi connectivity index (χ4v) is 4.80. The minimum absolute atomic E-state index is 0.156. The maximum Gasteiger partial charge on any atom is 0.349 e. The molecule has 0 radical (unpaired) electrons. The first-order valence-electron chi connectivity index (χ1n) is 11.8. The number of nitrogens with two attached hydrogens (primary N) is 1. The van der Waals surface area contributed by atoms with Gasteiger partial charge in [0.15, 0.2) is 5.82 Å². The van der Waals surface area contributed by atoms with E-state index in [2.05, 4.69) is 32.3 Å². The van der Waals surface area contributed by atoms with Gasteiger partial charge in [-0.1, -0.05) is 57.8 Å². The Bertz CT molecular complexity index is 1210. The molecule has 0 unspecified atom stereocenters. The lowest BCUT2D eigenvalue weighted by molar-refractivity contribution is -0.140. The van der Waals surface area contributed by atoms with Crippen molar-refractivity contribution in [2.45, 2.75) is 49.3 Å². The van der Waals surface area contributed by atoms with Gasteiger partial charge in [-0.3, -0.25) is 0 Å². The van der Waals surface area contributed by atoms with Crippen LogP contribution in [0.15, 0.2) is 58.2 Å². The molecule has 196 valence electrons. The zero-order valence-corrected chi connectivity index (χ0v) is 22.9. The third-order valence-corrected chi connectivity index (χ3v) is 7.65. The molecule has 0 amide bonds. The second-order valence-corrected chi connectivity index (χ2v) is 10.5. The minimum Gasteiger partial charge on any atom is -0.384 e. The zero-order valence-electron chi connectivity index (χ0n) is 19.8. The molecule has 37 heavy (non-hydrogen) atoms. The Kier molecular flexibility index (Phi) is 9.71. The molecule has 0 bridgehead atoms.